The Kier molecular flexibility index (Phi) is 5.05. The zero-order chi connectivity index (χ0) is 11.3. The van der Waals surface area contributed by atoms with Gasteiger partial charge >= 0.3 is 0 Å². The molecule has 4 nitrogen and oxygen atoms in total. The summed E-state index contributed by atoms with van der Waals surface area (Å²) < 4.78 is 0. The third-order valence-electron chi connectivity index (χ3n) is 2.71. The quantitative estimate of drug-likeness (QED) is 0.701. The Morgan fingerprint density at radius 3 is 2.93 bits per heavy atom. The summed E-state index contributed by atoms with van der Waals surface area (Å²) in [6.45, 7) is 10.2. The summed E-state index contributed by atoms with van der Waals surface area (Å²) in [6.07, 6.45) is 0.614. The molecule has 1 saturated heterocycles. The molecule has 88 valence electrons. The van der Waals surface area contributed by atoms with Crippen molar-refractivity contribution in [2.24, 2.45) is 0 Å². The highest BCUT2D eigenvalue weighted by Gasteiger charge is 2.18. The van der Waals surface area contributed by atoms with Crippen molar-refractivity contribution in [3.05, 3.63) is 0 Å². The summed E-state index contributed by atoms with van der Waals surface area (Å²) in [6, 6.07) is 0.795. The lowest BCUT2D eigenvalue weighted by atomic mass is 10.2. The number of rotatable bonds is 4. The van der Waals surface area contributed by atoms with Gasteiger partial charge in [0.2, 0.25) is 5.91 Å². The van der Waals surface area contributed by atoms with Crippen molar-refractivity contribution in [3.63, 3.8) is 0 Å². The van der Waals surface area contributed by atoms with Crippen molar-refractivity contribution < 1.29 is 4.79 Å². The third kappa shape index (κ3) is 4.62. The summed E-state index contributed by atoms with van der Waals surface area (Å²) >= 11 is 0. The van der Waals surface area contributed by atoms with E-state index in [1.807, 2.05) is 13.8 Å². The first-order chi connectivity index (χ1) is 7.09. The summed E-state index contributed by atoms with van der Waals surface area (Å²) in [5, 5.41) is 6.26. The second-order valence-corrected chi connectivity index (χ2v) is 4.56. The molecule has 1 fully saturated rings. The molecule has 4 heteroatoms. The fraction of sp³-hybridized carbons (Fsp3) is 0.909. The molecule has 1 heterocycles. The van der Waals surface area contributed by atoms with E-state index in [9.17, 15) is 4.79 Å². The van der Waals surface area contributed by atoms with Crippen LogP contribution in [0.5, 0.6) is 0 Å². The zero-order valence-corrected chi connectivity index (χ0v) is 10.0. The highest BCUT2D eigenvalue weighted by atomic mass is 16.1. The number of carbonyl (C=O) groups excluding carboxylic acids is 1. The number of piperazine rings is 1. The Morgan fingerprint density at radius 1 is 1.60 bits per heavy atom. The van der Waals surface area contributed by atoms with E-state index in [0.29, 0.717) is 12.5 Å². The number of amides is 1. The van der Waals surface area contributed by atoms with Gasteiger partial charge in [-0.15, -0.1) is 0 Å². The molecule has 1 amide bonds. The molecule has 2 N–H and O–H groups in total. The highest BCUT2D eigenvalue weighted by Crippen LogP contribution is 2.02. The average molecular weight is 213 g/mol. The maximum atomic E-state index is 11.4. The second kappa shape index (κ2) is 6.08. The summed E-state index contributed by atoms with van der Waals surface area (Å²) in [5.74, 6) is 0.163. The Morgan fingerprint density at radius 2 is 2.33 bits per heavy atom. The van der Waals surface area contributed by atoms with Crippen molar-refractivity contribution in [1.82, 2.24) is 15.5 Å². The van der Waals surface area contributed by atoms with E-state index in [1.54, 1.807) is 0 Å². The summed E-state index contributed by atoms with van der Waals surface area (Å²) in [4.78, 5) is 13.8. The van der Waals surface area contributed by atoms with Crippen molar-refractivity contribution in [2.45, 2.75) is 39.3 Å². The molecule has 1 atom stereocenters. The first kappa shape index (κ1) is 12.5. The third-order valence-corrected chi connectivity index (χ3v) is 2.71. The molecule has 0 saturated carbocycles. The topological polar surface area (TPSA) is 44.4 Å². The highest BCUT2D eigenvalue weighted by molar-refractivity contribution is 5.76. The molecule has 1 rings (SSSR count). The van der Waals surface area contributed by atoms with Gasteiger partial charge in [0.15, 0.2) is 0 Å². The lowest BCUT2D eigenvalue weighted by molar-refractivity contribution is -0.122. The molecule has 0 aromatic heterocycles. The van der Waals surface area contributed by atoms with E-state index in [-0.39, 0.29) is 11.9 Å². The van der Waals surface area contributed by atoms with Gasteiger partial charge in [-0.2, -0.15) is 0 Å². The number of carbonyl (C=O) groups is 1. The van der Waals surface area contributed by atoms with E-state index in [4.69, 9.17) is 0 Å². The second-order valence-electron chi connectivity index (χ2n) is 4.56. The molecule has 1 aliphatic heterocycles. The van der Waals surface area contributed by atoms with Crippen LogP contribution in [0.3, 0.4) is 0 Å². The van der Waals surface area contributed by atoms with Crippen LogP contribution < -0.4 is 10.6 Å². The summed E-state index contributed by atoms with van der Waals surface area (Å²) in [5.41, 5.74) is 0. The van der Waals surface area contributed by atoms with Crippen molar-refractivity contribution in [3.8, 4) is 0 Å². The zero-order valence-electron chi connectivity index (χ0n) is 10.0. The van der Waals surface area contributed by atoms with Gasteiger partial charge in [0, 0.05) is 44.7 Å². The maximum Gasteiger partial charge on any atom is 0.221 e. The van der Waals surface area contributed by atoms with Crippen LogP contribution >= 0.6 is 0 Å². The number of nitrogens with one attached hydrogen (secondary N) is 2. The van der Waals surface area contributed by atoms with Crippen molar-refractivity contribution in [1.29, 1.82) is 0 Å². The van der Waals surface area contributed by atoms with Crippen molar-refractivity contribution >= 4 is 5.91 Å². The molecule has 0 aromatic rings. The van der Waals surface area contributed by atoms with Gasteiger partial charge in [0.25, 0.3) is 0 Å². The number of hydrogen-bond acceptors (Lipinski definition) is 3. The fourth-order valence-electron chi connectivity index (χ4n) is 1.85. The number of nitrogens with zero attached hydrogens (tertiary/aromatic N) is 1. The van der Waals surface area contributed by atoms with Gasteiger partial charge in [0.05, 0.1) is 0 Å². The molecule has 0 aliphatic carbocycles. The Hall–Kier alpha value is -0.610. The molecule has 0 bridgehead atoms. The smallest absolute Gasteiger partial charge is 0.221 e. The molecular weight excluding hydrogens is 190 g/mol. The molecular formula is C11H23N3O. The minimum absolute atomic E-state index is 0.163. The van der Waals surface area contributed by atoms with E-state index < -0.39 is 0 Å². The SMILES string of the molecule is CC(C)NC(=O)CCN1CCNC[C@H]1C. The van der Waals surface area contributed by atoms with Crippen LogP contribution in [0.4, 0.5) is 0 Å². The van der Waals surface area contributed by atoms with Crippen molar-refractivity contribution in [2.75, 3.05) is 26.2 Å². The average Bonchev–Trinajstić information content (AvgIpc) is 2.15. The lowest BCUT2D eigenvalue weighted by Crippen LogP contribution is -2.50. The fourth-order valence-corrected chi connectivity index (χ4v) is 1.85. The molecule has 0 radical (unpaired) electrons. The van der Waals surface area contributed by atoms with E-state index in [1.165, 1.54) is 0 Å². The maximum absolute atomic E-state index is 11.4. The lowest BCUT2D eigenvalue weighted by Gasteiger charge is -2.33. The van der Waals surface area contributed by atoms with Gasteiger partial charge in [-0.3, -0.25) is 9.69 Å². The van der Waals surface area contributed by atoms with Crippen LogP contribution in [0, 0.1) is 0 Å². The van der Waals surface area contributed by atoms with Crippen LogP contribution in [0.1, 0.15) is 27.2 Å². The number of hydrogen-bond donors (Lipinski definition) is 2. The van der Waals surface area contributed by atoms with Crippen LogP contribution in [-0.4, -0.2) is 49.1 Å². The van der Waals surface area contributed by atoms with E-state index >= 15 is 0 Å². The van der Waals surface area contributed by atoms with Crippen LogP contribution in [0.2, 0.25) is 0 Å². The molecule has 0 aromatic carbocycles. The van der Waals surface area contributed by atoms with Gasteiger partial charge in [-0.05, 0) is 20.8 Å². The van der Waals surface area contributed by atoms with Crippen LogP contribution in [0.15, 0.2) is 0 Å². The largest absolute Gasteiger partial charge is 0.354 e. The minimum Gasteiger partial charge on any atom is -0.354 e. The Labute approximate surface area is 92.4 Å². The monoisotopic (exact) mass is 213 g/mol. The van der Waals surface area contributed by atoms with E-state index in [2.05, 4.69) is 22.5 Å². The van der Waals surface area contributed by atoms with Crippen LogP contribution in [-0.2, 0) is 4.79 Å². The normalized spacial score (nSPS) is 23.1. The van der Waals surface area contributed by atoms with Gasteiger partial charge in [0.1, 0.15) is 0 Å². The molecule has 0 unspecified atom stereocenters. The molecule has 15 heavy (non-hydrogen) atoms. The predicted molar refractivity (Wildman–Crippen MR) is 61.8 cm³/mol. The first-order valence-corrected chi connectivity index (χ1v) is 5.83. The van der Waals surface area contributed by atoms with Crippen LogP contribution in [0.25, 0.3) is 0 Å². The van der Waals surface area contributed by atoms with E-state index in [0.717, 1.165) is 26.2 Å². The van der Waals surface area contributed by atoms with Gasteiger partial charge in [-0.25, -0.2) is 0 Å². The van der Waals surface area contributed by atoms with Gasteiger partial charge in [-0.1, -0.05) is 0 Å². The molecule has 1 aliphatic rings. The van der Waals surface area contributed by atoms with Gasteiger partial charge < -0.3 is 10.6 Å². The standard InChI is InChI=1S/C11H23N3O/c1-9(2)13-11(15)4-6-14-7-5-12-8-10(14)3/h9-10,12H,4-8H2,1-3H3,(H,13,15)/t10-/m1/s1. The Balaban J connectivity index is 2.20. The Bertz CT molecular complexity index is 206. The summed E-state index contributed by atoms with van der Waals surface area (Å²) in [7, 11) is 0. The first-order valence-electron chi connectivity index (χ1n) is 5.83. The molecule has 0 spiro atoms. The minimum atomic E-state index is 0.163. The predicted octanol–water partition coefficient (Wildman–Crippen LogP) is 0.195.